The third-order valence-electron chi connectivity index (χ3n) is 13.1. The fraction of sp³-hybridized carbons (Fsp3) is 0.404. The fourth-order valence-corrected chi connectivity index (χ4v) is 9.95. The van der Waals surface area contributed by atoms with Gasteiger partial charge in [0, 0.05) is 29.4 Å². The van der Waals surface area contributed by atoms with Crippen molar-refractivity contribution in [2.45, 2.75) is 115 Å². The lowest BCUT2D eigenvalue weighted by Crippen LogP contribution is -2.52. The van der Waals surface area contributed by atoms with E-state index in [0.29, 0.717) is 35.1 Å². The van der Waals surface area contributed by atoms with Gasteiger partial charge in [0.2, 0.25) is 0 Å². The molecule has 4 aromatic carbocycles. The Morgan fingerprint density at radius 3 is 2.34 bits per heavy atom. The van der Waals surface area contributed by atoms with Crippen molar-refractivity contribution in [2.24, 2.45) is 5.92 Å². The number of aryl methyl sites for hydroxylation is 1. The summed E-state index contributed by atoms with van der Waals surface area (Å²) in [6, 6.07) is 31.3. The average Bonchev–Trinajstić information content (AvgIpc) is 3.25. The maximum Gasteiger partial charge on any atom is 0.339 e. The Kier molecular flexibility index (Phi) is 12.8. The monoisotopic (exact) mass is 840 g/mol. The number of hydrogen-bond donors (Lipinski definition) is 2. The van der Waals surface area contributed by atoms with Gasteiger partial charge in [-0.15, -0.1) is 0 Å². The normalized spacial score (nSPS) is 22.5. The predicted octanol–water partition coefficient (Wildman–Crippen LogP) is 9.09. The van der Waals surface area contributed by atoms with E-state index in [9.17, 15) is 24.6 Å². The average molecular weight is 841 g/mol. The minimum atomic E-state index is -1.23. The van der Waals surface area contributed by atoms with Crippen LogP contribution in [0.15, 0.2) is 111 Å². The van der Waals surface area contributed by atoms with Crippen LogP contribution in [0.4, 0.5) is 0 Å². The molecule has 1 saturated carbocycles. The van der Waals surface area contributed by atoms with E-state index in [-0.39, 0.29) is 53.9 Å². The summed E-state index contributed by atoms with van der Waals surface area (Å²) < 4.78 is 30.7. The highest BCUT2D eigenvalue weighted by Crippen LogP contribution is 2.50. The highest BCUT2D eigenvalue weighted by atomic mass is 16.6. The Bertz CT molecular complexity index is 2510. The van der Waals surface area contributed by atoms with Gasteiger partial charge in [-0.2, -0.15) is 0 Å². The molecular formula is C52H56O10. The minimum absolute atomic E-state index is 0.0269. The van der Waals surface area contributed by atoms with Crippen LogP contribution in [0.3, 0.4) is 0 Å². The smallest absolute Gasteiger partial charge is 0.339 e. The quantitative estimate of drug-likeness (QED) is 0.0511. The van der Waals surface area contributed by atoms with Gasteiger partial charge in [-0.05, 0) is 129 Å². The van der Waals surface area contributed by atoms with E-state index in [0.717, 1.165) is 36.8 Å². The first kappa shape index (κ1) is 43.1. The summed E-state index contributed by atoms with van der Waals surface area (Å²) in [5.41, 5.74) is 6.30. The number of ether oxygens (including phenoxy) is 4. The summed E-state index contributed by atoms with van der Waals surface area (Å²) in [5.74, 6) is -0.451. The van der Waals surface area contributed by atoms with Gasteiger partial charge >= 0.3 is 17.6 Å². The largest absolute Gasteiger partial charge is 0.483 e. The number of aliphatic hydroxyl groups excluding tert-OH is 2. The topological polar surface area (TPSA) is 142 Å². The molecule has 0 spiro atoms. The molecule has 1 aliphatic carbocycles. The number of esters is 2. The summed E-state index contributed by atoms with van der Waals surface area (Å²) in [5, 5.41) is 20.2. The molecule has 4 aliphatic rings. The first-order valence-corrected chi connectivity index (χ1v) is 21.8. The molecule has 5 aromatic rings. The summed E-state index contributed by atoms with van der Waals surface area (Å²) >= 11 is 0. The molecule has 1 fully saturated rings. The molecule has 10 heteroatoms. The van der Waals surface area contributed by atoms with Crippen LogP contribution in [-0.2, 0) is 49.7 Å². The number of fused-ring (bicyclic) bond motifs is 11. The van der Waals surface area contributed by atoms with E-state index in [1.165, 1.54) is 22.3 Å². The van der Waals surface area contributed by atoms with Crippen molar-refractivity contribution in [1.29, 1.82) is 0 Å². The van der Waals surface area contributed by atoms with Crippen LogP contribution in [0.25, 0.3) is 11.0 Å². The Hall–Kier alpha value is -5.55. The molecule has 0 saturated heterocycles. The molecule has 2 bridgehead atoms. The van der Waals surface area contributed by atoms with Gasteiger partial charge in [-0.25, -0.2) is 9.59 Å². The number of benzene rings is 4. The molecule has 10 nitrogen and oxygen atoms in total. The zero-order chi connectivity index (χ0) is 43.5. The van der Waals surface area contributed by atoms with Gasteiger partial charge in [0.15, 0.2) is 12.2 Å². The van der Waals surface area contributed by atoms with Gasteiger partial charge in [0.25, 0.3) is 0 Å². The second-order valence-electron chi connectivity index (χ2n) is 17.8. The predicted molar refractivity (Wildman–Crippen MR) is 235 cm³/mol. The molecule has 9 rings (SSSR count). The van der Waals surface area contributed by atoms with E-state index in [1.54, 1.807) is 26.0 Å². The number of carbonyl (C=O) groups is 2. The van der Waals surface area contributed by atoms with Gasteiger partial charge < -0.3 is 33.6 Å². The third-order valence-corrected chi connectivity index (χ3v) is 13.1. The SMILES string of the molecule is CC(C)=C1CCc2ccc(cc2)C2CCC(c3cccc(Cc4ccccc4)c3)CC2CC(=O)OC2c3c(ccc4c(CO)c(CCOCO)c(=O)oc34)OC(C)(C)C2OC1=O. The highest BCUT2D eigenvalue weighted by molar-refractivity contribution is 5.90. The maximum absolute atomic E-state index is 14.8. The summed E-state index contributed by atoms with van der Waals surface area (Å²) in [6.07, 6.45) is 2.35. The van der Waals surface area contributed by atoms with E-state index in [4.69, 9.17) is 23.4 Å². The number of hydrogen-bond acceptors (Lipinski definition) is 10. The van der Waals surface area contributed by atoms with Crippen molar-refractivity contribution in [3.05, 3.63) is 157 Å². The molecule has 2 N–H and O–H groups in total. The third kappa shape index (κ3) is 9.00. The zero-order valence-corrected chi connectivity index (χ0v) is 36.0. The Morgan fingerprint density at radius 2 is 1.60 bits per heavy atom. The van der Waals surface area contributed by atoms with Crippen LogP contribution >= 0.6 is 0 Å². The maximum atomic E-state index is 14.8. The van der Waals surface area contributed by atoms with Crippen LogP contribution in [-0.4, -0.2) is 47.3 Å². The van der Waals surface area contributed by atoms with E-state index < -0.39 is 48.8 Å². The molecular weight excluding hydrogens is 785 g/mol. The van der Waals surface area contributed by atoms with Gasteiger partial charge in [0.1, 0.15) is 23.7 Å². The van der Waals surface area contributed by atoms with Gasteiger partial charge in [0.05, 0.1) is 18.8 Å². The van der Waals surface area contributed by atoms with E-state index in [2.05, 4.69) is 72.8 Å². The van der Waals surface area contributed by atoms with Crippen LogP contribution < -0.4 is 10.4 Å². The molecule has 4 heterocycles. The van der Waals surface area contributed by atoms with Gasteiger partial charge in [-0.3, -0.25) is 4.79 Å². The molecule has 0 radical (unpaired) electrons. The molecule has 3 aliphatic heterocycles. The van der Waals surface area contributed by atoms with Crippen LogP contribution in [0.1, 0.15) is 122 Å². The standard InChI is InChI=1S/C52H56O10/c1-31(2)39-19-15-32-13-16-35(17-14-32)40-20-18-37(36-12-8-11-34(26-36)25-33-9-6-5-7-10-33)27-38(40)28-45(55)59-48-46-44(62-52(3,4)49(48)61-50(39)56)22-21-41-43(29-53)42(23-24-58-30-54)51(57)60-47(41)46/h5-14,16-17,21-22,26,37-38,40,48-49,53-54H,15,18-20,23-25,27-30H2,1-4H3. The van der Waals surface area contributed by atoms with Crippen molar-refractivity contribution < 1.29 is 43.2 Å². The number of allylic oxidation sites excluding steroid dienone is 1. The van der Waals surface area contributed by atoms with E-state index >= 15 is 0 Å². The molecule has 5 atom stereocenters. The van der Waals surface area contributed by atoms with Crippen molar-refractivity contribution in [2.75, 3.05) is 13.4 Å². The van der Waals surface area contributed by atoms with Crippen molar-refractivity contribution in [3.63, 3.8) is 0 Å². The zero-order valence-electron chi connectivity index (χ0n) is 36.0. The van der Waals surface area contributed by atoms with Crippen LogP contribution in [0.5, 0.6) is 5.75 Å². The molecule has 62 heavy (non-hydrogen) atoms. The number of aliphatic hydroxyl groups is 2. The van der Waals surface area contributed by atoms with Crippen molar-refractivity contribution in [3.8, 4) is 5.75 Å². The summed E-state index contributed by atoms with van der Waals surface area (Å²) in [4.78, 5) is 42.7. The lowest BCUT2D eigenvalue weighted by molar-refractivity contribution is -0.188. The number of rotatable bonds is 8. The first-order valence-electron chi connectivity index (χ1n) is 21.8. The Morgan fingerprint density at radius 1 is 0.823 bits per heavy atom. The van der Waals surface area contributed by atoms with Crippen LogP contribution in [0, 0.1) is 5.92 Å². The number of carbonyl (C=O) groups excluding carboxylic acids is 2. The molecule has 324 valence electrons. The second kappa shape index (κ2) is 18.4. The van der Waals surface area contributed by atoms with Gasteiger partial charge in [-0.1, -0.05) is 84.4 Å². The molecule has 5 unspecified atom stereocenters. The summed E-state index contributed by atoms with van der Waals surface area (Å²) in [6.45, 7) is 6.34. The Balaban J connectivity index is 1.20. The van der Waals surface area contributed by atoms with E-state index in [1.807, 2.05) is 19.9 Å². The second-order valence-corrected chi connectivity index (χ2v) is 17.8. The first-order chi connectivity index (χ1) is 29.9. The minimum Gasteiger partial charge on any atom is -0.483 e. The van der Waals surface area contributed by atoms with Crippen molar-refractivity contribution >= 4 is 22.9 Å². The lowest BCUT2D eigenvalue weighted by Gasteiger charge is -2.43. The fourth-order valence-electron chi connectivity index (χ4n) is 9.95. The molecule has 0 amide bonds. The Labute approximate surface area is 362 Å². The highest BCUT2D eigenvalue weighted by Gasteiger charge is 2.51. The molecule has 1 aromatic heterocycles. The van der Waals surface area contributed by atoms with Crippen molar-refractivity contribution in [1.82, 2.24) is 0 Å². The summed E-state index contributed by atoms with van der Waals surface area (Å²) in [7, 11) is 0. The van der Waals surface area contributed by atoms with Crippen LogP contribution in [0.2, 0.25) is 0 Å². The lowest BCUT2D eigenvalue weighted by atomic mass is 9.68.